The molecule has 0 aromatic carbocycles. The van der Waals surface area contributed by atoms with Crippen LogP contribution in [0.5, 0.6) is 0 Å². The van der Waals surface area contributed by atoms with Gasteiger partial charge in [0.25, 0.3) is 0 Å². The molecular formula is C18H25Br. The smallest absolute Gasteiger partial charge is 0.0286 e. The van der Waals surface area contributed by atoms with E-state index in [1.165, 1.54) is 40.5 Å². The topological polar surface area (TPSA) is 0 Å². The lowest BCUT2D eigenvalue weighted by Gasteiger charge is -2.10. The van der Waals surface area contributed by atoms with Crippen LogP contribution >= 0.6 is 15.9 Å². The van der Waals surface area contributed by atoms with Crippen LogP contribution in [0, 0.1) is 5.92 Å². The molecule has 0 aromatic heterocycles. The van der Waals surface area contributed by atoms with Gasteiger partial charge in [0, 0.05) is 10.1 Å². The molecule has 0 heterocycles. The summed E-state index contributed by atoms with van der Waals surface area (Å²) in [7, 11) is 0. The van der Waals surface area contributed by atoms with Crippen molar-refractivity contribution in [3.8, 4) is 0 Å². The van der Waals surface area contributed by atoms with Crippen LogP contribution in [0.2, 0.25) is 0 Å². The monoisotopic (exact) mass is 320 g/mol. The second-order valence-corrected chi connectivity index (χ2v) is 6.29. The van der Waals surface area contributed by atoms with E-state index in [-0.39, 0.29) is 0 Å². The highest BCUT2D eigenvalue weighted by Gasteiger charge is 2.12. The molecule has 1 rings (SSSR count). The van der Waals surface area contributed by atoms with Crippen molar-refractivity contribution in [2.45, 2.75) is 53.4 Å². The van der Waals surface area contributed by atoms with E-state index in [2.05, 4.69) is 60.7 Å². The molecule has 0 saturated carbocycles. The second-order valence-electron chi connectivity index (χ2n) is 5.43. The van der Waals surface area contributed by atoms with E-state index in [1.807, 2.05) is 13.0 Å². The summed E-state index contributed by atoms with van der Waals surface area (Å²) in [5, 5.41) is 0. The quantitative estimate of drug-likeness (QED) is 0.309. The molecule has 0 bridgehead atoms. The van der Waals surface area contributed by atoms with Gasteiger partial charge < -0.3 is 0 Å². The van der Waals surface area contributed by atoms with Crippen molar-refractivity contribution in [2.24, 2.45) is 5.92 Å². The highest BCUT2D eigenvalue weighted by molar-refractivity contribution is 9.12. The fourth-order valence-electron chi connectivity index (χ4n) is 2.11. The molecule has 1 heteroatoms. The first kappa shape index (κ1) is 16.3. The number of halogens is 1. The normalized spacial score (nSPS) is 15.3. The highest BCUT2D eigenvalue weighted by Crippen LogP contribution is 2.29. The van der Waals surface area contributed by atoms with E-state index in [4.69, 9.17) is 0 Å². The van der Waals surface area contributed by atoms with Crippen molar-refractivity contribution in [3.05, 3.63) is 51.2 Å². The first-order valence-corrected chi connectivity index (χ1v) is 7.90. The van der Waals surface area contributed by atoms with Crippen LogP contribution in [-0.2, 0) is 0 Å². The predicted molar refractivity (Wildman–Crippen MR) is 89.4 cm³/mol. The molecule has 0 aliphatic heterocycles. The van der Waals surface area contributed by atoms with Gasteiger partial charge in [0.15, 0.2) is 0 Å². The molecule has 0 amide bonds. The Labute approximate surface area is 126 Å². The summed E-state index contributed by atoms with van der Waals surface area (Å²) >= 11 is 3.72. The van der Waals surface area contributed by atoms with E-state index in [1.54, 1.807) is 0 Å². The number of hydrogen-bond donors (Lipinski definition) is 0. The molecule has 0 radical (unpaired) electrons. The summed E-state index contributed by atoms with van der Waals surface area (Å²) in [5.41, 5.74) is 7.35. The molecule has 19 heavy (non-hydrogen) atoms. The average molecular weight is 321 g/mol. The molecule has 0 aromatic rings. The van der Waals surface area contributed by atoms with Gasteiger partial charge in [-0.15, -0.1) is 5.73 Å². The molecule has 0 nitrogen and oxygen atoms in total. The highest BCUT2D eigenvalue weighted by atomic mass is 79.9. The van der Waals surface area contributed by atoms with Gasteiger partial charge in [0.1, 0.15) is 0 Å². The van der Waals surface area contributed by atoms with Gasteiger partial charge in [-0.05, 0) is 87.4 Å². The van der Waals surface area contributed by atoms with Crippen molar-refractivity contribution in [1.29, 1.82) is 0 Å². The van der Waals surface area contributed by atoms with Gasteiger partial charge in [-0.25, -0.2) is 0 Å². The van der Waals surface area contributed by atoms with Crippen molar-refractivity contribution < 1.29 is 0 Å². The minimum atomic E-state index is 0.832. The van der Waals surface area contributed by atoms with Crippen molar-refractivity contribution in [3.63, 3.8) is 0 Å². The maximum atomic E-state index is 3.72. The van der Waals surface area contributed by atoms with Gasteiger partial charge in [-0.2, -0.15) is 0 Å². The Morgan fingerprint density at radius 1 is 1.26 bits per heavy atom. The van der Waals surface area contributed by atoms with Gasteiger partial charge in [0.2, 0.25) is 0 Å². The lowest BCUT2D eigenvalue weighted by molar-refractivity contribution is 0.522. The number of rotatable bonds is 5. The Morgan fingerprint density at radius 2 is 1.89 bits per heavy atom. The Bertz CT molecular complexity index is 442. The van der Waals surface area contributed by atoms with Crippen molar-refractivity contribution in [2.75, 3.05) is 0 Å². The van der Waals surface area contributed by atoms with Gasteiger partial charge in [-0.1, -0.05) is 23.3 Å². The lowest BCUT2D eigenvalue weighted by atomic mass is 9.97. The Kier molecular flexibility index (Phi) is 7.20. The molecule has 0 fully saturated rings. The summed E-state index contributed by atoms with van der Waals surface area (Å²) in [6.07, 6.45) is 13.7. The van der Waals surface area contributed by atoms with Crippen LogP contribution in [0.15, 0.2) is 51.2 Å². The molecule has 1 aliphatic rings. The average Bonchev–Trinajstić information content (AvgIpc) is 2.87. The first-order valence-electron chi connectivity index (χ1n) is 7.11. The predicted octanol–water partition coefficient (Wildman–Crippen LogP) is 6.47. The van der Waals surface area contributed by atoms with E-state index >= 15 is 0 Å². The zero-order chi connectivity index (χ0) is 14.3. The molecule has 104 valence electrons. The lowest BCUT2D eigenvalue weighted by Crippen LogP contribution is -1.95. The molecule has 0 N–H and O–H groups in total. The third-order valence-corrected chi connectivity index (χ3v) is 4.35. The minimum Gasteiger partial charge on any atom is -0.121 e. The molecule has 0 unspecified atom stereocenters. The third kappa shape index (κ3) is 5.80. The molecule has 0 saturated heterocycles. The molecule has 0 spiro atoms. The van der Waals surface area contributed by atoms with Crippen molar-refractivity contribution in [1.82, 2.24) is 0 Å². The molecular weight excluding hydrogens is 296 g/mol. The van der Waals surface area contributed by atoms with E-state index in [0.717, 1.165) is 12.3 Å². The maximum absolute atomic E-state index is 3.72. The third-order valence-electron chi connectivity index (χ3n) is 3.65. The Morgan fingerprint density at radius 3 is 2.42 bits per heavy atom. The van der Waals surface area contributed by atoms with Gasteiger partial charge >= 0.3 is 0 Å². The van der Waals surface area contributed by atoms with Crippen LogP contribution in [0.4, 0.5) is 0 Å². The zero-order valence-electron chi connectivity index (χ0n) is 12.6. The van der Waals surface area contributed by atoms with Crippen LogP contribution < -0.4 is 0 Å². The molecule has 0 atom stereocenters. The summed E-state index contributed by atoms with van der Waals surface area (Å²) in [4.78, 5) is 0. The summed E-state index contributed by atoms with van der Waals surface area (Å²) < 4.78 is 1.18. The fourth-order valence-corrected chi connectivity index (χ4v) is 2.77. The second kappa shape index (κ2) is 8.40. The number of allylic oxidation sites excluding steroid dienone is 7. The largest absolute Gasteiger partial charge is 0.121 e. The van der Waals surface area contributed by atoms with Gasteiger partial charge in [-0.3, -0.25) is 0 Å². The fraction of sp³-hybridized carbons (Fsp3) is 0.500. The standard InChI is InChI=1S/C18H25Br/c1-5-8-17(12-11-16-9-6-7-10-16)18(19)13-15(4)14(2)3/h5-7,13,16H,9-12H2,1-4H3. The van der Waals surface area contributed by atoms with Crippen LogP contribution in [-0.4, -0.2) is 0 Å². The zero-order valence-corrected chi connectivity index (χ0v) is 14.2. The van der Waals surface area contributed by atoms with Crippen LogP contribution in [0.1, 0.15) is 53.4 Å². The maximum Gasteiger partial charge on any atom is 0.0286 e. The van der Waals surface area contributed by atoms with E-state index < -0.39 is 0 Å². The first-order chi connectivity index (χ1) is 9.04. The SMILES string of the molecule is CC=C=C(CCC1CC=CC1)C(Br)=CC(C)=C(C)C. The number of hydrogen-bond acceptors (Lipinski definition) is 0. The summed E-state index contributed by atoms with van der Waals surface area (Å²) in [6.45, 7) is 8.49. The van der Waals surface area contributed by atoms with E-state index in [9.17, 15) is 0 Å². The van der Waals surface area contributed by atoms with Crippen molar-refractivity contribution >= 4 is 15.9 Å². The van der Waals surface area contributed by atoms with E-state index in [0.29, 0.717) is 0 Å². The summed E-state index contributed by atoms with van der Waals surface area (Å²) in [6, 6.07) is 0. The van der Waals surface area contributed by atoms with Crippen LogP contribution in [0.25, 0.3) is 0 Å². The minimum absolute atomic E-state index is 0.832. The Balaban J connectivity index is 2.72. The van der Waals surface area contributed by atoms with Gasteiger partial charge in [0.05, 0.1) is 0 Å². The summed E-state index contributed by atoms with van der Waals surface area (Å²) in [5.74, 6) is 0.832. The van der Waals surface area contributed by atoms with Crippen LogP contribution in [0.3, 0.4) is 0 Å². The Hall–Kier alpha value is -0.780. The molecule has 1 aliphatic carbocycles.